The summed E-state index contributed by atoms with van der Waals surface area (Å²) < 4.78 is 10.7. The molecule has 2 aromatic rings. The van der Waals surface area contributed by atoms with Crippen LogP contribution in [-0.2, 0) is 9.53 Å². The van der Waals surface area contributed by atoms with Gasteiger partial charge in [-0.1, -0.05) is 11.6 Å². The zero-order valence-corrected chi connectivity index (χ0v) is 16.8. The summed E-state index contributed by atoms with van der Waals surface area (Å²) in [6.45, 7) is 4.54. The SMILES string of the molecule is O=C(COc1ccc(Cl)cc1)Nc1ccc(C(=O)NCCN2CCOCC2)cc1. The Morgan fingerprint density at radius 3 is 2.41 bits per heavy atom. The average Bonchev–Trinajstić information content (AvgIpc) is 2.74. The molecule has 1 fully saturated rings. The molecule has 0 bridgehead atoms. The molecule has 2 N–H and O–H groups in total. The molecule has 0 atom stereocenters. The standard InChI is InChI=1S/C21H24ClN3O4/c22-17-3-7-19(8-4-17)29-15-20(26)24-18-5-1-16(2-6-18)21(27)23-9-10-25-11-13-28-14-12-25/h1-8H,9-15H2,(H,23,27)(H,24,26). The molecule has 8 heteroatoms. The van der Waals surface area contributed by atoms with Crippen LogP contribution in [0.25, 0.3) is 0 Å². The van der Waals surface area contributed by atoms with Crippen LogP contribution >= 0.6 is 11.6 Å². The number of ether oxygens (including phenoxy) is 2. The van der Waals surface area contributed by atoms with Crippen molar-refractivity contribution in [2.45, 2.75) is 0 Å². The summed E-state index contributed by atoms with van der Waals surface area (Å²) >= 11 is 5.81. The fourth-order valence-corrected chi connectivity index (χ4v) is 2.96. The van der Waals surface area contributed by atoms with Crippen molar-refractivity contribution in [1.82, 2.24) is 10.2 Å². The highest BCUT2D eigenvalue weighted by atomic mass is 35.5. The zero-order chi connectivity index (χ0) is 20.5. The minimum absolute atomic E-state index is 0.120. The van der Waals surface area contributed by atoms with Gasteiger partial charge in [-0.05, 0) is 48.5 Å². The second kappa shape index (κ2) is 10.8. The molecule has 2 aromatic carbocycles. The maximum atomic E-state index is 12.2. The van der Waals surface area contributed by atoms with Crippen LogP contribution in [0.2, 0.25) is 5.02 Å². The highest BCUT2D eigenvalue weighted by molar-refractivity contribution is 6.30. The van der Waals surface area contributed by atoms with E-state index >= 15 is 0 Å². The van der Waals surface area contributed by atoms with Crippen LogP contribution in [0, 0.1) is 0 Å². The summed E-state index contributed by atoms with van der Waals surface area (Å²) in [7, 11) is 0. The Balaban J connectivity index is 1.39. The molecule has 7 nitrogen and oxygen atoms in total. The van der Waals surface area contributed by atoms with Crippen molar-refractivity contribution in [3.05, 3.63) is 59.1 Å². The summed E-state index contributed by atoms with van der Waals surface area (Å²) in [5, 5.41) is 6.25. The maximum absolute atomic E-state index is 12.2. The number of hydrogen-bond donors (Lipinski definition) is 2. The van der Waals surface area contributed by atoms with Gasteiger partial charge in [0.25, 0.3) is 11.8 Å². The van der Waals surface area contributed by atoms with Crippen molar-refractivity contribution in [2.24, 2.45) is 0 Å². The minimum Gasteiger partial charge on any atom is -0.484 e. The van der Waals surface area contributed by atoms with Gasteiger partial charge in [0.15, 0.2) is 6.61 Å². The van der Waals surface area contributed by atoms with E-state index in [2.05, 4.69) is 15.5 Å². The fraction of sp³-hybridized carbons (Fsp3) is 0.333. The van der Waals surface area contributed by atoms with Crippen LogP contribution in [0.15, 0.2) is 48.5 Å². The molecule has 1 heterocycles. The third kappa shape index (κ3) is 7.05. The van der Waals surface area contributed by atoms with E-state index in [0.717, 1.165) is 32.8 Å². The Morgan fingerprint density at radius 1 is 1.03 bits per heavy atom. The summed E-state index contributed by atoms with van der Waals surface area (Å²) in [4.78, 5) is 26.5. The van der Waals surface area contributed by atoms with Gasteiger partial charge >= 0.3 is 0 Å². The van der Waals surface area contributed by atoms with Crippen molar-refractivity contribution in [3.8, 4) is 5.75 Å². The molecule has 1 aliphatic heterocycles. The first-order valence-electron chi connectivity index (χ1n) is 9.47. The molecule has 3 rings (SSSR count). The van der Waals surface area contributed by atoms with E-state index in [1.165, 1.54) is 0 Å². The molecular weight excluding hydrogens is 394 g/mol. The molecule has 29 heavy (non-hydrogen) atoms. The number of carbonyl (C=O) groups is 2. The molecule has 2 amide bonds. The van der Waals surface area contributed by atoms with Crippen LogP contribution in [0.3, 0.4) is 0 Å². The van der Waals surface area contributed by atoms with Gasteiger partial charge in [0, 0.05) is 42.5 Å². The molecule has 0 unspecified atom stereocenters. The molecule has 0 aliphatic carbocycles. The lowest BCUT2D eigenvalue weighted by Gasteiger charge is -2.26. The van der Waals surface area contributed by atoms with Gasteiger partial charge in [0.2, 0.25) is 0 Å². The predicted octanol–water partition coefficient (Wildman–Crippen LogP) is 2.42. The van der Waals surface area contributed by atoms with Gasteiger partial charge < -0.3 is 20.1 Å². The van der Waals surface area contributed by atoms with Crippen LogP contribution in [0.1, 0.15) is 10.4 Å². The summed E-state index contributed by atoms with van der Waals surface area (Å²) in [6, 6.07) is 13.5. The molecule has 1 saturated heterocycles. The lowest BCUT2D eigenvalue weighted by molar-refractivity contribution is -0.118. The number of hydrogen-bond acceptors (Lipinski definition) is 5. The smallest absolute Gasteiger partial charge is 0.262 e. The monoisotopic (exact) mass is 417 g/mol. The highest BCUT2D eigenvalue weighted by Gasteiger charge is 2.11. The predicted molar refractivity (Wildman–Crippen MR) is 112 cm³/mol. The van der Waals surface area contributed by atoms with Crippen molar-refractivity contribution in [1.29, 1.82) is 0 Å². The van der Waals surface area contributed by atoms with Crippen molar-refractivity contribution >= 4 is 29.1 Å². The number of nitrogens with one attached hydrogen (secondary N) is 2. The Kier molecular flexibility index (Phi) is 7.86. The summed E-state index contributed by atoms with van der Waals surface area (Å²) in [5.41, 5.74) is 1.14. The average molecular weight is 418 g/mol. The highest BCUT2D eigenvalue weighted by Crippen LogP contribution is 2.15. The number of amides is 2. The minimum atomic E-state index is -0.289. The fourth-order valence-electron chi connectivity index (χ4n) is 2.84. The van der Waals surface area contributed by atoms with E-state index in [1.807, 2.05) is 0 Å². The lowest BCUT2D eigenvalue weighted by Crippen LogP contribution is -2.41. The van der Waals surface area contributed by atoms with E-state index in [0.29, 0.717) is 28.6 Å². The van der Waals surface area contributed by atoms with E-state index < -0.39 is 0 Å². The van der Waals surface area contributed by atoms with Crippen molar-refractivity contribution in [3.63, 3.8) is 0 Å². The Bertz CT molecular complexity index is 806. The molecule has 0 spiro atoms. The molecule has 154 valence electrons. The van der Waals surface area contributed by atoms with E-state index in [1.54, 1.807) is 48.5 Å². The summed E-state index contributed by atoms with van der Waals surface area (Å²) in [5.74, 6) is 0.138. The Labute approximate surface area is 174 Å². The van der Waals surface area contributed by atoms with Crippen molar-refractivity contribution < 1.29 is 19.1 Å². The summed E-state index contributed by atoms with van der Waals surface area (Å²) in [6.07, 6.45) is 0. The van der Waals surface area contributed by atoms with Crippen LogP contribution in [-0.4, -0.2) is 62.7 Å². The van der Waals surface area contributed by atoms with Gasteiger partial charge in [0.05, 0.1) is 13.2 Å². The normalized spacial score (nSPS) is 14.2. The first kappa shape index (κ1) is 21.1. The van der Waals surface area contributed by atoms with E-state index in [4.69, 9.17) is 21.1 Å². The number of benzene rings is 2. The zero-order valence-electron chi connectivity index (χ0n) is 16.0. The van der Waals surface area contributed by atoms with Crippen LogP contribution in [0.4, 0.5) is 5.69 Å². The van der Waals surface area contributed by atoms with E-state index in [-0.39, 0.29) is 18.4 Å². The van der Waals surface area contributed by atoms with Crippen LogP contribution in [0.5, 0.6) is 5.75 Å². The van der Waals surface area contributed by atoms with Crippen molar-refractivity contribution in [2.75, 3.05) is 51.3 Å². The second-order valence-corrected chi connectivity index (χ2v) is 7.01. The number of nitrogens with zero attached hydrogens (tertiary/aromatic N) is 1. The third-order valence-electron chi connectivity index (χ3n) is 4.43. The van der Waals surface area contributed by atoms with Gasteiger partial charge in [-0.3, -0.25) is 14.5 Å². The Hall–Kier alpha value is -2.61. The quantitative estimate of drug-likeness (QED) is 0.689. The number of anilines is 1. The number of carbonyl (C=O) groups excluding carboxylic acids is 2. The molecular formula is C21H24ClN3O4. The first-order valence-corrected chi connectivity index (χ1v) is 9.84. The topological polar surface area (TPSA) is 79.9 Å². The molecule has 1 aliphatic rings. The van der Waals surface area contributed by atoms with Gasteiger partial charge in [-0.25, -0.2) is 0 Å². The van der Waals surface area contributed by atoms with Gasteiger partial charge in [-0.2, -0.15) is 0 Å². The van der Waals surface area contributed by atoms with Crippen LogP contribution < -0.4 is 15.4 Å². The molecule has 0 saturated carbocycles. The van der Waals surface area contributed by atoms with Gasteiger partial charge in [-0.15, -0.1) is 0 Å². The maximum Gasteiger partial charge on any atom is 0.262 e. The Morgan fingerprint density at radius 2 is 1.72 bits per heavy atom. The second-order valence-electron chi connectivity index (χ2n) is 6.58. The van der Waals surface area contributed by atoms with E-state index in [9.17, 15) is 9.59 Å². The molecule has 0 aromatic heterocycles. The molecule has 0 radical (unpaired) electrons. The third-order valence-corrected chi connectivity index (χ3v) is 4.68. The number of halogens is 1. The largest absolute Gasteiger partial charge is 0.484 e. The first-order chi connectivity index (χ1) is 14.1. The lowest BCUT2D eigenvalue weighted by atomic mass is 10.2. The number of morpholine rings is 1. The number of rotatable bonds is 8. The van der Waals surface area contributed by atoms with Gasteiger partial charge in [0.1, 0.15) is 5.75 Å².